The maximum absolute atomic E-state index is 14.2. The Labute approximate surface area is 191 Å². The van der Waals surface area contributed by atoms with Gasteiger partial charge in [-0.05, 0) is 25.0 Å². The van der Waals surface area contributed by atoms with Gasteiger partial charge in [0.25, 0.3) is 5.69 Å². The van der Waals surface area contributed by atoms with Crippen LogP contribution in [0.3, 0.4) is 0 Å². The number of hydrogen-bond donors (Lipinski definition) is 1. The maximum Gasteiger partial charge on any atom is 0.269 e. The molecular weight excluding hydrogens is 433 g/mol. The molecule has 0 spiro atoms. The normalized spacial score (nSPS) is 11.6. The zero-order valence-corrected chi connectivity index (χ0v) is 19.1. The lowest BCUT2D eigenvalue weighted by Gasteiger charge is -2.29. The number of carbonyl (C=O) groups excluding carboxylic acids is 2. The summed E-state index contributed by atoms with van der Waals surface area (Å²) in [6.07, 6.45) is 1.77. The van der Waals surface area contributed by atoms with Crippen LogP contribution in [0, 0.1) is 15.9 Å². The Morgan fingerprint density at radius 1 is 1.19 bits per heavy atom. The summed E-state index contributed by atoms with van der Waals surface area (Å²) in [4.78, 5) is 37.2. The minimum Gasteiger partial charge on any atom is -0.354 e. The van der Waals surface area contributed by atoms with E-state index < -0.39 is 16.8 Å². The van der Waals surface area contributed by atoms with Gasteiger partial charge in [-0.3, -0.25) is 19.7 Å². The summed E-state index contributed by atoms with van der Waals surface area (Å²) in [5.41, 5.74) is 1.20. The second kappa shape index (κ2) is 12.8. The van der Waals surface area contributed by atoms with Gasteiger partial charge in [-0.25, -0.2) is 4.39 Å². The number of unbranched alkanes of at least 4 members (excludes halogenated alkanes) is 1. The second-order valence-electron chi connectivity index (χ2n) is 7.35. The molecule has 0 saturated heterocycles. The lowest BCUT2D eigenvalue weighted by atomic mass is 10.1. The SMILES string of the molecule is CCCCNC(=O)[C@@H](C)N(Cc1ccccc1F)C(=O)CSCc1ccc([N+](=O)[O-])cc1. The van der Waals surface area contributed by atoms with Crippen LogP contribution in [0.25, 0.3) is 0 Å². The smallest absolute Gasteiger partial charge is 0.269 e. The van der Waals surface area contributed by atoms with Crippen LogP contribution in [0.4, 0.5) is 10.1 Å². The fourth-order valence-electron chi connectivity index (χ4n) is 2.98. The van der Waals surface area contributed by atoms with Crippen LogP contribution >= 0.6 is 11.8 Å². The van der Waals surface area contributed by atoms with Crippen LogP contribution in [-0.4, -0.2) is 40.0 Å². The van der Waals surface area contributed by atoms with Gasteiger partial charge >= 0.3 is 0 Å². The van der Waals surface area contributed by atoms with Gasteiger partial charge in [0.1, 0.15) is 11.9 Å². The Morgan fingerprint density at radius 3 is 2.50 bits per heavy atom. The molecule has 172 valence electrons. The molecule has 2 amide bonds. The van der Waals surface area contributed by atoms with Crippen LogP contribution in [0.15, 0.2) is 48.5 Å². The molecule has 0 radical (unpaired) electrons. The van der Waals surface area contributed by atoms with Gasteiger partial charge < -0.3 is 10.2 Å². The zero-order valence-electron chi connectivity index (χ0n) is 18.3. The van der Waals surface area contributed by atoms with Crippen molar-refractivity contribution in [2.45, 2.75) is 45.0 Å². The highest BCUT2D eigenvalue weighted by atomic mass is 32.2. The molecule has 2 aromatic carbocycles. The number of benzene rings is 2. The van der Waals surface area contributed by atoms with Crippen LogP contribution in [0.1, 0.15) is 37.8 Å². The number of nitro benzene ring substituents is 1. The van der Waals surface area contributed by atoms with E-state index in [1.807, 2.05) is 6.92 Å². The second-order valence-corrected chi connectivity index (χ2v) is 8.34. The first kappa shape index (κ1) is 25.3. The first-order chi connectivity index (χ1) is 15.3. The number of amides is 2. The van der Waals surface area contributed by atoms with E-state index >= 15 is 0 Å². The Balaban J connectivity index is 2.04. The first-order valence-electron chi connectivity index (χ1n) is 10.4. The van der Waals surface area contributed by atoms with Crippen molar-refractivity contribution in [3.63, 3.8) is 0 Å². The third-order valence-electron chi connectivity index (χ3n) is 4.94. The van der Waals surface area contributed by atoms with Crippen molar-refractivity contribution in [2.24, 2.45) is 0 Å². The molecule has 0 aromatic heterocycles. The van der Waals surface area contributed by atoms with E-state index in [-0.39, 0.29) is 29.8 Å². The third kappa shape index (κ3) is 7.64. The van der Waals surface area contributed by atoms with E-state index in [4.69, 9.17) is 0 Å². The average Bonchev–Trinajstić information content (AvgIpc) is 2.78. The molecule has 32 heavy (non-hydrogen) atoms. The van der Waals surface area contributed by atoms with E-state index in [1.54, 1.807) is 37.3 Å². The highest BCUT2D eigenvalue weighted by Gasteiger charge is 2.26. The van der Waals surface area contributed by atoms with Crippen LogP contribution in [0.5, 0.6) is 0 Å². The minimum absolute atomic E-state index is 0.00797. The molecular formula is C23H28FN3O4S. The predicted octanol–water partition coefficient (Wildman–Crippen LogP) is 4.30. The van der Waals surface area contributed by atoms with Crippen molar-refractivity contribution < 1.29 is 18.9 Å². The molecule has 0 aliphatic rings. The Kier molecular flexibility index (Phi) is 10.1. The summed E-state index contributed by atoms with van der Waals surface area (Å²) >= 11 is 1.34. The topological polar surface area (TPSA) is 92.6 Å². The lowest BCUT2D eigenvalue weighted by Crippen LogP contribution is -2.48. The number of nitrogens with zero attached hydrogens (tertiary/aromatic N) is 2. The summed E-state index contributed by atoms with van der Waals surface area (Å²) in [7, 11) is 0. The van der Waals surface area contributed by atoms with Gasteiger partial charge in [0, 0.05) is 36.5 Å². The molecule has 2 rings (SSSR count). The number of thioether (sulfide) groups is 1. The molecule has 0 saturated carbocycles. The number of hydrogen-bond acceptors (Lipinski definition) is 5. The summed E-state index contributed by atoms with van der Waals surface area (Å²) in [5, 5.41) is 13.6. The molecule has 9 heteroatoms. The van der Waals surface area contributed by atoms with Crippen molar-refractivity contribution in [3.05, 3.63) is 75.6 Å². The average molecular weight is 462 g/mol. The van der Waals surface area contributed by atoms with Crippen LogP contribution in [0.2, 0.25) is 0 Å². The highest BCUT2D eigenvalue weighted by molar-refractivity contribution is 7.99. The number of nitrogens with one attached hydrogen (secondary N) is 1. The molecule has 0 unspecified atom stereocenters. The summed E-state index contributed by atoms with van der Waals surface area (Å²) in [6.45, 7) is 4.18. The number of halogens is 1. The van der Waals surface area contributed by atoms with Gasteiger partial charge in [-0.1, -0.05) is 43.7 Å². The lowest BCUT2D eigenvalue weighted by molar-refractivity contribution is -0.384. The van der Waals surface area contributed by atoms with Gasteiger partial charge in [0.2, 0.25) is 11.8 Å². The fourth-order valence-corrected chi connectivity index (χ4v) is 3.85. The van der Waals surface area contributed by atoms with Crippen molar-refractivity contribution in [1.29, 1.82) is 0 Å². The summed E-state index contributed by atoms with van der Waals surface area (Å²) in [5.74, 6) is -0.406. The van der Waals surface area contributed by atoms with E-state index in [2.05, 4.69) is 5.32 Å². The molecule has 1 atom stereocenters. The number of nitro groups is 1. The quantitative estimate of drug-likeness (QED) is 0.289. The Bertz CT molecular complexity index is 924. The molecule has 2 aromatic rings. The number of rotatable bonds is 12. The monoisotopic (exact) mass is 461 g/mol. The Morgan fingerprint density at radius 2 is 1.88 bits per heavy atom. The third-order valence-corrected chi connectivity index (χ3v) is 5.93. The number of carbonyl (C=O) groups is 2. The zero-order chi connectivity index (χ0) is 23.5. The molecule has 0 bridgehead atoms. The summed E-state index contributed by atoms with van der Waals surface area (Å²) < 4.78 is 14.2. The van der Waals surface area contributed by atoms with Crippen LogP contribution in [-0.2, 0) is 21.9 Å². The molecule has 0 heterocycles. The fraction of sp³-hybridized carbons (Fsp3) is 0.391. The predicted molar refractivity (Wildman–Crippen MR) is 124 cm³/mol. The van der Waals surface area contributed by atoms with Gasteiger partial charge in [-0.15, -0.1) is 11.8 Å². The largest absolute Gasteiger partial charge is 0.354 e. The Hall–Kier alpha value is -2.94. The highest BCUT2D eigenvalue weighted by Crippen LogP contribution is 2.19. The number of non-ortho nitro benzene ring substituents is 1. The van der Waals surface area contributed by atoms with E-state index in [0.717, 1.165) is 18.4 Å². The molecule has 0 aliphatic carbocycles. The van der Waals surface area contributed by atoms with Gasteiger partial charge in [0.05, 0.1) is 10.7 Å². The summed E-state index contributed by atoms with van der Waals surface area (Å²) in [6, 6.07) is 11.6. The standard InChI is InChI=1S/C23H28FN3O4S/c1-3-4-13-25-23(29)17(2)26(14-19-7-5-6-8-21(19)24)22(28)16-32-15-18-9-11-20(12-10-18)27(30)31/h5-12,17H,3-4,13-16H2,1-2H3,(H,25,29)/t17-/m1/s1. The van der Waals surface area contributed by atoms with Gasteiger partial charge in [-0.2, -0.15) is 0 Å². The van der Waals surface area contributed by atoms with Crippen molar-refractivity contribution in [3.8, 4) is 0 Å². The van der Waals surface area contributed by atoms with Gasteiger partial charge in [0.15, 0.2) is 0 Å². The first-order valence-corrected chi connectivity index (χ1v) is 11.6. The van der Waals surface area contributed by atoms with E-state index in [1.165, 1.54) is 34.9 Å². The van der Waals surface area contributed by atoms with E-state index in [0.29, 0.717) is 17.9 Å². The molecule has 1 N–H and O–H groups in total. The molecule has 0 aliphatic heterocycles. The molecule has 0 fully saturated rings. The maximum atomic E-state index is 14.2. The van der Waals surface area contributed by atoms with E-state index in [9.17, 15) is 24.1 Å². The van der Waals surface area contributed by atoms with Crippen molar-refractivity contribution in [2.75, 3.05) is 12.3 Å². The van der Waals surface area contributed by atoms with Crippen LogP contribution < -0.4 is 5.32 Å². The van der Waals surface area contributed by atoms with Crippen molar-refractivity contribution >= 4 is 29.3 Å². The minimum atomic E-state index is -0.751. The van der Waals surface area contributed by atoms with Crippen molar-refractivity contribution in [1.82, 2.24) is 10.2 Å². The molecule has 7 nitrogen and oxygen atoms in total.